The Bertz CT molecular complexity index is 391. The SMILES string of the molecule is CCCOC(=O)CC(C)c1ccc(F)cc1F. The number of esters is 1. The molecule has 0 aromatic heterocycles. The number of benzene rings is 1. The van der Waals surface area contributed by atoms with Crippen molar-refractivity contribution in [3.63, 3.8) is 0 Å². The van der Waals surface area contributed by atoms with E-state index >= 15 is 0 Å². The molecule has 1 unspecified atom stereocenters. The molecule has 0 fully saturated rings. The number of hydrogen-bond donors (Lipinski definition) is 0. The molecule has 0 N–H and O–H groups in total. The van der Waals surface area contributed by atoms with Crippen LogP contribution in [0.15, 0.2) is 18.2 Å². The fourth-order valence-electron chi connectivity index (χ4n) is 1.54. The van der Waals surface area contributed by atoms with Gasteiger partial charge in [0.1, 0.15) is 11.6 Å². The van der Waals surface area contributed by atoms with Gasteiger partial charge >= 0.3 is 5.97 Å². The third-order valence-electron chi connectivity index (χ3n) is 2.43. The monoisotopic (exact) mass is 242 g/mol. The van der Waals surface area contributed by atoms with Crippen LogP contribution in [0.1, 0.15) is 38.2 Å². The predicted molar refractivity (Wildman–Crippen MR) is 60.6 cm³/mol. The molecule has 0 saturated heterocycles. The fourth-order valence-corrected chi connectivity index (χ4v) is 1.54. The highest BCUT2D eigenvalue weighted by molar-refractivity contribution is 5.70. The maximum atomic E-state index is 13.4. The molecular formula is C13H16F2O2. The number of hydrogen-bond acceptors (Lipinski definition) is 2. The van der Waals surface area contributed by atoms with Crippen molar-refractivity contribution >= 4 is 5.97 Å². The molecule has 2 nitrogen and oxygen atoms in total. The zero-order valence-corrected chi connectivity index (χ0v) is 10.0. The molecule has 0 aliphatic rings. The first-order valence-electron chi connectivity index (χ1n) is 5.65. The number of carbonyl (C=O) groups excluding carboxylic acids is 1. The largest absolute Gasteiger partial charge is 0.466 e. The topological polar surface area (TPSA) is 26.3 Å². The van der Waals surface area contributed by atoms with E-state index < -0.39 is 11.6 Å². The molecule has 0 spiro atoms. The van der Waals surface area contributed by atoms with Crippen LogP contribution in [0.3, 0.4) is 0 Å². The van der Waals surface area contributed by atoms with E-state index in [1.807, 2.05) is 6.92 Å². The molecule has 0 saturated carbocycles. The Morgan fingerprint density at radius 2 is 2.12 bits per heavy atom. The normalized spacial score (nSPS) is 12.2. The summed E-state index contributed by atoms with van der Waals surface area (Å²) in [6.45, 7) is 3.98. The smallest absolute Gasteiger partial charge is 0.306 e. The van der Waals surface area contributed by atoms with Crippen molar-refractivity contribution in [3.05, 3.63) is 35.4 Å². The van der Waals surface area contributed by atoms with Gasteiger partial charge in [0.05, 0.1) is 13.0 Å². The summed E-state index contributed by atoms with van der Waals surface area (Å²) in [5.74, 6) is -1.92. The number of rotatable bonds is 5. The number of carbonyl (C=O) groups is 1. The van der Waals surface area contributed by atoms with Crippen molar-refractivity contribution in [1.82, 2.24) is 0 Å². The molecule has 4 heteroatoms. The highest BCUT2D eigenvalue weighted by Gasteiger charge is 2.16. The van der Waals surface area contributed by atoms with Gasteiger partial charge in [-0.25, -0.2) is 8.78 Å². The highest BCUT2D eigenvalue weighted by atomic mass is 19.1. The van der Waals surface area contributed by atoms with Gasteiger partial charge in [0.2, 0.25) is 0 Å². The lowest BCUT2D eigenvalue weighted by Crippen LogP contribution is -2.10. The van der Waals surface area contributed by atoms with Crippen LogP contribution in [0.2, 0.25) is 0 Å². The van der Waals surface area contributed by atoms with Crippen LogP contribution in [-0.2, 0) is 9.53 Å². The minimum atomic E-state index is -0.624. The van der Waals surface area contributed by atoms with Crippen molar-refractivity contribution in [2.45, 2.75) is 32.6 Å². The van der Waals surface area contributed by atoms with Crippen LogP contribution < -0.4 is 0 Å². The number of ether oxygens (including phenoxy) is 1. The maximum absolute atomic E-state index is 13.4. The molecule has 17 heavy (non-hydrogen) atoms. The first kappa shape index (κ1) is 13.6. The van der Waals surface area contributed by atoms with E-state index in [9.17, 15) is 13.6 Å². The van der Waals surface area contributed by atoms with Crippen molar-refractivity contribution in [2.24, 2.45) is 0 Å². The predicted octanol–water partition coefficient (Wildman–Crippen LogP) is 3.41. The summed E-state index contributed by atoms with van der Waals surface area (Å²) in [4.78, 5) is 11.3. The summed E-state index contributed by atoms with van der Waals surface area (Å²) in [6.07, 6.45) is 0.855. The second-order valence-corrected chi connectivity index (χ2v) is 3.99. The van der Waals surface area contributed by atoms with Crippen molar-refractivity contribution in [3.8, 4) is 0 Å². The Balaban J connectivity index is 2.63. The molecule has 0 aliphatic heterocycles. The maximum Gasteiger partial charge on any atom is 0.306 e. The second-order valence-electron chi connectivity index (χ2n) is 3.99. The van der Waals surface area contributed by atoms with Crippen LogP contribution in [0, 0.1) is 11.6 Å². The quantitative estimate of drug-likeness (QED) is 0.739. The van der Waals surface area contributed by atoms with Gasteiger partial charge in [0, 0.05) is 6.07 Å². The molecule has 1 atom stereocenters. The van der Waals surface area contributed by atoms with Gasteiger partial charge in [-0.3, -0.25) is 4.79 Å². The first-order chi connectivity index (χ1) is 8.04. The average Bonchev–Trinajstić information content (AvgIpc) is 2.26. The van der Waals surface area contributed by atoms with Gasteiger partial charge in [-0.2, -0.15) is 0 Å². The lowest BCUT2D eigenvalue weighted by Gasteiger charge is -2.12. The van der Waals surface area contributed by atoms with Crippen LogP contribution >= 0.6 is 0 Å². The average molecular weight is 242 g/mol. The Hall–Kier alpha value is -1.45. The van der Waals surface area contributed by atoms with Gasteiger partial charge in [-0.05, 0) is 24.0 Å². The van der Waals surface area contributed by atoms with E-state index in [1.54, 1.807) is 6.92 Å². The Kier molecular flexibility index (Phi) is 5.07. The standard InChI is InChI=1S/C13H16F2O2/c1-3-6-17-13(16)7-9(2)11-5-4-10(14)8-12(11)15/h4-5,8-9H,3,6-7H2,1-2H3. The lowest BCUT2D eigenvalue weighted by atomic mass is 9.97. The Morgan fingerprint density at radius 3 is 2.71 bits per heavy atom. The van der Waals surface area contributed by atoms with E-state index in [0.29, 0.717) is 12.2 Å². The van der Waals surface area contributed by atoms with E-state index in [4.69, 9.17) is 4.74 Å². The van der Waals surface area contributed by atoms with Crippen molar-refractivity contribution in [1.29, 1.82) is 0 Å². The minimum Gasteiger partial charge on any atom is -0.466 e. The van der Waals surface area contributed by atoms with Gasteiger partial charge in [0.25, 0.3) is 0 Å². The Labute approximate surface area is 99.6 Å². The molecule has 1 aromatic rings. The van der Waals surface area contributed by atoms with Crippen LogP contribution in [0.25, 0.3) is 0 Å². The summed E-state index contributed by atoms with van der Waals surface area (Å²) in [6, 6.07) is 3.37. The van der Waals surface area contributed by atoms with Gasteiger partial charge in [-0.15, -0.1) is 0 Å². The van der Waals surface area contributed by atoms with Crippen LogP contribution in [0.5, 0.6) is 0 Å². The molecular weight excluding hydrogens is 226 g/mol. The van der Waals surface area contributed by atoms with Crippen LogP contribution in [0.4, 0.5) is 8.78 Å². The van der Waals surface area contributed by atoms with E-state index in [1.165, 1.54) is 12.1 Å². The summed E-state index contributed by atoms with van der Waals surface area (Å²) >= 11 is 0. The van der Waals surface area contributed by atoms with Gasteiger partial charge < -0.3 is 4.74 Å². The van der Waals surface area contributed by atoms with E-state index in [-0.39, 0.29) is 18.3 Å². The van der Waals surface area contributed by atoms with Gasteiger partial charge in [0.15, 0.2) is 0 Å². The molecule has 0 heterocycles. The molecule has 0 radical (unpaired) electrons. The minimum absolute atomic E-state index is 0.0998. The van der Waals surface area contributed by atoms with Crippen molar-refractivity contribution < 1.29 is 18.3 Å². The van der Waals surface area contributed by atoms with Crippen LogP contribution in [-0.4, -0.2) is 12.6 Å². The molecule has 1 aromatic carbocycles. The summed E-state index contributed by atoms with van der Waals surface area (Å²) in [7, 11) is 0. The third-order valence-corrected chi connectivity index (χ3v) is 2.43. The zero-order valence-electron chi connectivity index (χ0n) is 10.0. The second kappa shape index (κ2) is 6.33. The zero-order chi connectivity index (χ0) is 12.8. The lowest BCUT2D eigenvalue weighted by molar-refractivity contribution is -0.144. The third kappa shape index (κ3) is 4.13. The van der Waals surface area contributed by atoms with E-state index in [0.717, 1.165) is 12.5 Å². The van der Waals surface area contributed by atoms with Crippen molar-refractivity contribution in [2.75, 3.05) is 6.61 Å². The molecule has 0 bridgehead atoms. The van der Waals surface area contributed by atoms with E-state index in [2.05, 4.69) is 0 Å². The molecule has 0 aliphatic carbocycles. The molecule has 94 valence electrons. The summed E-state index contributed by atoms with van der Waals surface area (Å²) < 4.78 is 31.0. The first-order valence-corrected chi connectivity index (χ1v) is 5.65. The number of halogens is 2. The Morgan fingerprint density at radius 1 is 1.41 bits per heavy atom. The summed E-state index contributed by atoms with van der Waals surface area (Å²) in [5, 5.41) is 0. The molecule has 1 rings (SSSR count). The fraction of sp³-hybridized carbons (Fsp3) is 0.462. The summed E-state index contributed by atoms with van der Waals surface area (Å²) in [5.41, 5.74) is 0.333. The highest BCUT2D eigenvalue weighted by Crippen LogP contribution is 2.23. The van der Waals surface area contributed by atoms with Gasteiger partial charge in [-0.1, -0.05) is 19.9 Å². The molecule has 0 amide bonds.